The molecule has 0 aromatic carbocycles. The van der Waals surface area contributed by atoms with Crippen LogP contribution in [0.15, 0.2) is 17.5 Å². The summed E-state index contributed by atoms with van der Waals surface area (Å²) in [4.78, 5) is 12.6. The van der Waals surface area contributed by atoms with Crippen molar-refractivity contribution in [1.29, 1.82) is 0 Å². The number of hydrogen-bond donors (Lipinski definition) is 1. The normalized spacial score (nSPS) is 14.0. The molecule has 0 amide bonds. The molecule has 0 bridgehead atoms. The lowest BCUT2D eigenvalue weighted by atomic mass is 9.85. The Morgan fingerprint density at radius 3 is 2.64 bits per heavy atom. The summed E-state index contributed by atoms with van der Waals surface area (Å²) < 4.78 is 0. The molecule has 3 heteroatoms. The number of aliphatic hydroxyl groups excluding tert-OH is 1. The average molecular weight is 212 g/mol. The van der Waals surface area contributed by atoms with Crippen molar-refractivity contribution in [2.45, 2.75) is 33.3 Å². The number of thiophene rings is 1. The molecule has 2 nitrogen and oxygen atoms in total. The monoisotopic (exact) mass is 212 g/mol. The molecule has 1 heterocycles. The Morgan fingerprint density at radius 2 is 2.21 bits per heavy atom. The molecule has 78 valence electrons. The number of hydrogen-bond acceptors (Lipinski definition) is 3. The SMILES string of the molecule is CC(C)(C)C(O)C(=O)Cc1cccs1. The maximum Gasteiger partial charge on any atom is 0.166 e. The Labute approximate surface area is 88.6 Å². The first-order valence-corrected chi connectivity index (χ1v) is 5.52. The number of Topliss-reactive ketones (excluding diaryl/α,β-unsaturated/α-hetero) is 1. The van der Waals surface area contributed by atoms with Gasteiger partial charge in [0.15, 0.2) is 5.78 Å². The number of aliphatic hydroxyl groups is 1. The van der Waals surface area contributed by atoms with Crippen LogP contribution >= 0.6 is 11.3 Å². The fourth-order valence-electron chi connectivity index (χ4n) is 1.16. The van der Waals surface area contributed by atoms with E-state index in [1.807, 2.05) is 38.3 Å². The first kappa shape index (κ1) is 11.4. The summed E-state index contributed by atoms with van der Waals surface area (Å²) >= 11 is 1.55. The van der Waals surface area contributed by atoms with Crippen LogP contribution in [0.2, 0.25) is 0 Å². The van der Waals surface area contributed by atoms with Crippen molar-refractivity contribution < 1.29 is 9.90 Å². The average Bonchev–Trinajstić information content (AvgIpc) is 2.53. The summed E-state index contributed by atoms with van der Waals surface area (Å²) in [6.07, 6.45) is -0.527. The molecule has 1 rings (SSSR count). The van der Waals surface area contributed by atoms with Crippen LogP contribution in [-0.2, 0) is 11.2 Å². The minimum Gasteiger partial charge on any atom is -0.385 e. The van der Waals surface area contributed by atoms with Gasteiger partial charge < -0.3 is 5.11 Å². The Balaban J connectivity index is 2.59. The van der Waals surface area contributed by atoms with Gasteiger partial charge in [0.1, 0.15) is 6.10 Å². The maximum absolute atomic E-state index is 11.6. The molecular formula is C11H16O2S. The molecule has 0 aliphatic carbocycles. The fourth-order valence-corrected chi connectivity index (χ4v) is 1.88. The second-order valence-electron chi connectivity index (χ2n) is 4.49. The number of rotatable bonds is 3. The molecule has 0 aliphatic rings. The number of ketones is 1. The molecule has 0 radical (unpaired) electrons. The topological polar surface area (TPSA) is 37.3 Å². The lowest BCUT2D eigenvalue weighted by molar-refractivity contribution is -0.131. The van der Waals surface area contributed by atoms with Gasteiger partial charge in [-0.05, 0) is 16.9 Å². The summed E-state index contributed by atoms with van der Waals surface area (Å²) in [5, 5.41) is 11.6. The molecule has 1 atom stereocenters. The van der Waals surface area contributed by atoms with Crippen LogP contribution in [0.1, 0.15) is 25.6 Å². The summed E-state index contributed by atoms with van der Waals surface area (Å²) in [7, 11) is 0. The van der Waals surface area contributed by atoms with Crippen LogP contribution in [0.3, 0.4) is 0 Å². The van der Waals surface area contributed by atoms with Crippen LogP contribution in [0.25, 0.3) is 0 Å². The lowest BCUT2D eigenvalue weighted by Gasteiger charge is -2.24. The second kappa shape index (κ2) is 4.24. The highest BCUT2D eigenvalue weighted by molar-refractivity contribution is 7.10. The zero-order valence-corrected chi connectivity index (χ0v) is 9.60. The molecule has 1 aromatic heterocycles. The predicted octanol–water partition coefficient (Wildman–Crippen LogP) is 2.27. The van der Waals surface area contributed by atoms with Crippen LogP contribution in [0.5, 0.6) is 0 Å². The molecular weight excluding hydrogens is 196 g/mol. The van der Waals surface area contributed by atoms with Crippen molar-refractivity contribution in [1.82, 2.24) is 0 Å². The highest BCUT2D eigenvalue weighted by Gasteiger charge is 2.28. The van der Waals surface area contributed by atoms with E-state index in [9.17, 15) is 9.90 Å². The molecule has 0 saturated carbocycles. The van der Waals surface area contributed by atoms with E-state index in [4.69, 9.17) is 0 Å². The third-order valence-corrected chi connectivity index (χ3v) is 2.93. The maximum atomic E-state index is 11.6. The van der Waals surface area contributed by atoms with Crippen molar-refractivity contribution in [2.75, 3.05) is 0 Å². The first-order chi connectivity index (χ1) is 6.41. The van der Waals surface area contributed by atoms with Gasteiger partial charge in [-0.25, -0.2) is 0 Å². The molecule has 14 heavy (non-hydrogen) atoms. The van der Waals surface area contributed by atoms with Crippen LogP contribution in [0.4, 0.5) is 0 Å². The van der Waals surface area contributed by atoms with E-state index in [1.165, 1.54) is 0 Å². The van der Waals surface area contributed by atoms with Crippen LogP contribution in [-0.4, -0.2) is 17.0 Å². The Bertz CT molecular complexity index is 296. The predicted molar refractivity (Wildman–Crippen MR) is 58.5 cm³/mol. The minimum absolute atomic E-state index is 0.0973. The smallest absolute Gasteiger partial charge is 0.166 e. The highest BCUT2D eigenvalue weighted by Crippen LogP contribution is 2.21. The molecule has 0 fully saturated rings. The Kier molecular flexibility index (Phi) is 3.45. The van der Waals surface area contributed by atoms with E-state index in [0.29, 0.717) is 6.42 Å². The van der Waals surface area contributed by atoms with Gasteiger partial charge in [-0.15, -0.1) is 11.3 Å². The van der Waals surface area contributed by atoms with Crippen molar-refractivity contribution in [3.05, 3.63) is 22.4 Å². The zero-order valence-electron chi connectivity index (χ0n) is 8.78. The van der Waals surface area contributed by atoms with Gasteiger partial charge in [-0.1, -0.05) is 26.8 Å². The zero-order chi connectivity index (χ0) is 10.8. The second-order valence-corrected chi connectivity index (χ2v) is 5.52. The molecule has 0 spiro atoms. The summed E-state index contributed by atoms with van der Waals surface area (Å²) in [5.41, 5.74) is -0.367. The van der Waals surface area contributed by atoms with E-state index in [-0.39, 0.29) is 11.2 Å². The van der Waals surface area contributed by atoms with Crippen LogP contribution < -0.4 is 0 Å². The number of carbonyl (C=O) groups is 1. The third kappa shape index (κ3) is 2.93. The molecule has 0 saturated heterocycles. The summed E-state index contributed by atoms with van der Waals surface area (Å²) in [6.45, 7) is 5.60. The summed E-state index contributed by atoms with van der Waals surface area (Å²) in [5.74, 6) is -0.0973. The van der Waals surface area contributed by atoms with Crippen molar-refractivity contribution in [3.8, 4) is 0 Å². The minimum atomic E-state index is -0.871. The van der Waals surface area contributed by atoms with E-state index in [2.05, 4.69) is 0 Å². The van der Waals surface area contributed by atoms with Gasteiger partial charge in [0, 0.05) is 11.3 Å². The van der Waals surface area contributed by atoms with Gasteiger partial charge in [-0.2, -0.15) is 0 Å². The first-order valence-electron chi connectivity index (χ1n) is 4.64. The highest BCUT2D eigenvalue weighted by atomic mass is 32.1. The van der Waals surface area contributed by atoms with Gasteiger partial charge in [0.2, 0.25) is 0 Å². The Morgan fingerprint density at radius 1 is 1.57 bits per heavy atom. The standard InChI is InChI=1S/C11H16O2S/c1-11(2,3)10(13)9(12)7-8-5-4-6-14-8/h4-6,10,13H,7H2,1-3H3. The largest absolute Gasteiger partial charge is 0.385 e. The van der Waals surface area contributed by atoms with Gasteiger partial charge in [-0.3, -0.25) is 4.79 Å². The van der Waals surface area contributed by atoms with E-state index >= 15 is 0 Å². The molecule has 1 unspecified atom stereocenters. The van der Waals surface area contributed by atoms with Crippen molar-refractivity contribution in [3.63, 3.8) is 0 Å². The fraction of sp³-hybridized carbons (Fsp3) is 0.545. The van der Waals surface area contributed by atoms with E-state index in [1.54, 1.807) is 11.3 Å². The number of carbonyl (C=O) groups excluding carboxylic acids is 1. The molecule has 0 aliphatic heterocycles. The van der Waals surface area contributed by atoms with Gasteiger partial charge >= 0.3 is 0 Å². The lowest BCUT2D eigenvalue weighted by Crippen LogP contribution is -2.35. The van der Waals surface area contributed by atoms with Crippen molar-refractivity contribution in [2.24, 2.45) is 5.41 Å². The summed E-state index contributed by atoms with van der Waals surface area (Å²) in [6, 6.07) is 3.83. The molecule has 1 N–H and O–H groups in total. The van der Waals surface area contributed by atoms with Crippen LogP contribution in [0, 0.1) is 5.41 Å². The van der Waals surface area contributed by atoms with Crippen molar-refractivity contribution >= 4 is 17.1 Å². The van der Waals surface area contributed by atoms with E-state index in [0.717, 1.165) is 4.88 Å². The van der Waals surface area contributed by atoms with Gasteiger partial charge in [0.05, 0.1) is 0 Å². The quantitative estimate of drug-likeness (QED) is 0.834. The van der Waals surface area contributed by atoms with E-state index < -0.39 is 6.10 Å². The Hall–Kier alpha value is -0.670. The van der Waals surface area contributed by atoms with Gasteiger partial charge in [0.25, 0.3) is 0 Å². The molecule has 1 aromatic rings. The third-order valence-electron chi connectivity index (χ3n) is 2.05.